The molecule has 1 atom stereocenters. The summed E-state index contributed by atoms with van der Waals surface area (Å²) in [6, 6.07) is 1.94. The number of carbonyl (C=O) groups excluding carboxylic acids is 2. The van der Waals surface area contributed by atoms with Crippen LogP contribution in [0.25, 0.3) is 0 Å². The number of aliphatic carboxylic acids is 1. The van der Waals surface area contributed by atoms with Gasteiger partial charge in [0.25, 0.3) is 5.91 Å². The van der Waals surface area contributed by atoms with E-state index in [1.807, 2.05) is 0 Å². The molecule has 1 aromatic rings. The minimum Gasteiger partial charge on any atom is -0.481 e. The van der Waals surface area contributed by atoms with Crippen molar-refractivity contribution in [3.05, 3.63) is 29.0 Å². The Morgan fingerprint density at radius 2 is 2.25 bits per heavy atom. The number of carboxylic acid groups (broad SMARTS) is 1. The second-order valence-electron chi connectivity index (χ2n) is 4.27. The lowest BCUT2D eigenvalue weighted by molar-refractivity contribution is -0.142. The second-order valence-corrected chi connectivity index (χ2v) is 4.66. The molecule has 1 aliphatic heterocycles. The number of hydrogen-bond donors (Lipinski definition) is 2. The Bertz CT molecular complexity index is 546. The second kappa shape index (κ2) is 5.87. The summed E-state index contributed by atoms with van der Waals surface area (Å²) in [4.78, 5) is 39.9. The predicted molar refractivity (Wildman–Crippen MR) is 69.3 cm³/mol. The zero-order valence-electron chi connectivity index (χ0n) is 10.4. The average Bonchev–Trinajstić information content (AvgIpc) is 2.41. The van der Waals surface area contributed by atoms with Crippen molar-refractivity contribution in [1.82, 2.24) is 15.2 Å². The number of nitrogens with one attached hydrogen (secondary N) is 1. The third-order valence-electron chi connectivity index (χ3n) is 2.93. The quantitative estimate of drug-likeness (QED) is 0.774. The first-order chi connectivity index (χ1) is 9.49. The monoisotopic (exact) mass is 297 g/mol. The Hall–Kier alpha value is -2.15. The third kappa shape index (κ3) is 3.05. The van der Waals surface area contributed by atoms with E-state index in [0.717, 1.165) is 0 Å². The number of hydrogen-bond acceptors (Lipinski definition) is 4. The van der Waals surface area contributed by atoms with Crippen LogP contribution in [0.4, 0.5) is 0 Å². The Kier molecular flexibility index (Phi) is 4.19. The molecule has 20 heavy (non-hydrogen) atoms. The molecule has 0 saturated carbocycles. The highest BCUT2D eigenvalue weighted by atomic mass is 35.5. The van der Waals surface area contributed by atoms with Gasteiger partial charge in [0.05, 0.1) is 12.0 Å². The molecule has 2 N–H and O–H groups in total. The summed E-state index contributed by atoms with van der Waals surface area (Å²) < 4.78 is 0. The van der Waals surface area contributed by atoms with E-state index >= 15 is 0 Å². The first-order valence-corrected chi connectivity index (χ1v) is 6.29. The lowest BCUT2D eigenvalue weighted by Gasteiger charge is -2.34. The fraction of sp³-hybridized carbons (Fsp3) is 0.333. The average molecular weight is 298 g/mol. The maximum atomic E-state index is 12.3. The van der Waals surface area contributed by atoms with Gasteiger partial charge in [-0.1, -0.05) is 11.6 Å². The van der Waals surface area contributed by atoms with Crippen LogP contribution in [-0.2, 0) is 9.59 Å². The topological polar surface area (TPSA) is 99.6 Å². The molecule has 1 fully saturated rings. The van der Waals surface area contributed by atoms with E-state index in [1.54, 1.807) is 0 Å². The number of nitrogens with zero attached hydrogens (tertiary/aromatic N) is 2. The summed E-state index contributed by atoms with van der Waals surface area (Å²) >= 11 is 5.64. The van der Waals surface area contributed by atoms with Crippen LogP contribution in [-0.4, -0.2) is 51.9 Å². The van der Waals surface area contributed by atoms with Crippen molar-refractivity contribution < 1.29 is 19.5 Å². The van der Waals surface area contributed by atoms with Crippen molar-refractivity contribution in [2.24, 2.45) is 0 Å². The Balaban J connectivity index is 2.23. The summed E-state index contributed by atoms with van der Waals surface area (Å²) in [5, 5.41) is 11.6. The van der Waals surface area contributed by atoms with Crippen molar-refractivity contribution in [2.75, 3.05) is 13.1 Å². The van der Waals surface area contributed by atoms with Gasteiger partial charge in [-0.25, -0.2) is 4.98 Å². The van der Waals surface area contributed by atoms with Gasteiger partial charge in [-0.2, -0.15) is 0 Å². The van der Waals surface area contributed by atoms with E-state index in [4.69, 9.17) is 16.7 Å². The standard InChI is InChI=1S/C12H12ClN3O4/c13-9-2-1-7(6-15-9)12(20)16-4-3-14-11(19)8(16)5-10(17)18/h1-2,6,8H,3-5H2,(H,14,19)(H,17,18). The zero-order chi connectivity index (χ0) is 14.7. The molecule has 1 aliphatic rings. The summed E-state index contributed by atoms with van der Waals surface area (Å²) in [5.41, 5.74) is 0.263. The van der Waals surface area contributed by atoms with E-state index in [0.29, 0.717) is 6.54 Å². The highest BCUT2D eigenvalue weighted by Gasteiger charge is 2.35. The molecule has 2 heterocycles. The number of carbonyl (C=O) groups is 3. The van der Waals surface area contributed by atoms with Crippen LogP contribution in [0.5, 0.6) is 0 Å². The van der Waals surface area contributed by atoms with Crippen LogP contribution in [0.15, 0.2) is 18.3 Å². The molecule has 1 unspecified atom stereocenters. The molecule has 8 heteroatoms. The number of rotatable bonds is 3. The maximum Gasteiger partial charge on any atom is 0.305 e. The Morgan fingerprint density at radius 1 is 1.50 bits per heavy atom. The molecule has 2 rings (SSSR count). The van der Waals surface area contributed by atoms with E-state index < -0.39 is 30.2 Å². The number of piperazine rings is 1. The van der Waals surface area contributed by atoms with Gasteiger partial charge in [-0.05, 0) is 12.1 Å². The number of aromatic nitrogens is 1. The summed E-state index contributed by atoms with van der Waals surface area (Å²) in [6.45, 7) is 0.548. The van der Waals surface area contributed by atoms with E-state index in [2.05, 4.69) is 10.3 Å². The molecule has 2 amide bonds. The summed E-state index contributed by atoms with van der Waals surface area (Å²) in [5.74, 6) is -2.04. The van der Waals surface area contributed by atoms with Crippen LogP contribution in [0, 0.1) is 0 Å². The van der Waals surface area contributed by atoms with Gasteiger partial charge >= 0.3 is 5.97 Å². The van der Waals surface area contributed by atoms with E-state index in [-0.39, 0.29) is 17.3 Å². The summed E-state index contributed by atoms with van der Waals surface area (Å²) in [7, 11) is 0. The largest absolute Gasteiger partial charge is 0.481 e. The number of carboxylic acids is 1. The molecule has 106 valence electrons. The fourth-order valence-electron chi connectivity index (χ4n) is 1.99. The number of halogens is 1. The van der Waals surface area contributed by atoms with Crippen LogP contribution in [0.3, 0.4) is 0 Å². The normalized spacial score (nSPS) is 18.6. The minimum atomic E-state index is -1.14. The van der Waals surface area contributed by atoms with Gasteiger partial charge in [0.2, 0.25) is 5.91 Å². The highest BCUT2D eigenvalue weighted by Crippen LogP contribution is 2.14. The predicted octanol–water partition coefficient (Wildman–Crippen LogP) is 0.150. The molecule has 7 nitrogen and oxygen atoms in total. The fourth-order valence-corrected chi connectivity index (χ4v) is 2.11. The third-order valence-corrected chi connectivity index (χ3v) is 3.16. The van der Waals surface area contributed by atoms with Crippen LogP contribution in [0.2, 0.25) is 5.15 Å². The van der Waals surface area contributed by atoms with Crippen LogP contribution >= 0.6 is 11.6 Å². The van der Waals surface area contributed by atoms with Gasteiger partial charge < -0.3 is 15.3 Å². The molecule has 0 spiro atoms. The lowest BCUT2D eigenvalue weighted by Crippen LogP contribution is -2.57. The lowest BCUT2D eigenvalue weighted by atomic mass is 10.1. The van der Waals surface area contributed by atoms with Crippen molar-refractivity contribution in [3.63, 3.8) is 0 Å². The van der Waals surface area contributed by atoms with Crippen molar-refractivity contribution in [1.29, 1.82) is 0 Å². The van der Waals surface area contributed by atoms with Crippen LogP contribution in [0.1, 0.15) is 16.8 Å². The van der Waals surface area contributed by atoms with E-state index in [1.165, 1.54) is 23.2 Å². The highest BCUT2D eigenvalue weighted by molar-refractivity contribution is 6.29. The van der Waals surface area contributed by atoms with Gasteiger partial charge in [0, 0.05) is 19.3 Å². The molecule has 0 aliphatic carbocycles. The molecule has 1 aromatic heterocycles. The van der Waals surface area contributed by atoms with Gasteiger partial charge in [0.15, 0.2) is 0 Å². The Labute approximate surface area is 119 Å². The SMILES string of the molecule is O=C(O)CC1C(=O)NCCN1C(=O)c1ccc(Cl)nc1. The number of amides is 2. The van der Waals surface area contributed by atoms with Gasteiger partial charge in [0.1, 0.15) is 11.2 Å². The van der Waals surface area contributed by atoms with Gasteiger partial charge in [-0.3, -0.25) is 14.4 Å². The smallest absolute Gasteiger partial charge is 0.305 e. The molecular weight excluding hydrogens is 286 g/mol. The minimum absolute atomic E-state index is 0.250. The van der Waals surface area contributed by atoms with Crippen molar-refractivity contribution in [2.45, 2.75) is 12.5 Å². The molecule has 0 aromatic carbocycles. The zero-order valence-corrected chi connectivity index (χ0v) is 11.1. The van der Waals surface area contributed by atoms with E-state index in [9.17, 15) is 14.4 Å². The molecule has 0 bridgehead atoms. The first kappa shape index (κ1) is 14.3. The molecular formula is C12H12ClN3O4. The Morgan fingerprint density at radius 3 is 2.85 bits per heavy atom. The van der Waals surface area contributed by atoms with Crippen molar-refractivity contribution >= 4 is 29.4 Å². The van der Waals surface area contributed by atoms with Gasteiger partial charge in [-0.15, -0.1) is 0 Å². The van der Waals surface area contributed by atoms with Crippen molar-refractivity contribution in [3.8, 4) is 0 Å². The molecule has 0 radical (unpaired) electrons. The van der Waals surface area contributed by atoms with Crippen LogP contribution < -0.4 is 5.32 Å². The maximum absolute atomic E-state index is 12.3. The number of pyridine rings is 1. The molecule has 1 saturated heterocycles. The first-order valence-electron chi connectivity index (χ1n) is 5.91. The summed E-state index contributed by atoms with van der Waals surface area (Å²) in [6.07, 6.45) is 0.869.